The monoisotopic (exact) mass is 213 g/mol. The predicted octanol–water partition coefficient (Wildman–Crippen LogP) is 2.39. The summed E-state index contributed by atoms with van der Waals surface area (Å²) in [6.07, 6.45) is 1.51. The Labute approximate surface area is 86.4 Å². The lowest BCUT2D eigenvalue weighted by molar-refractivity contribution is 0.0954. The molecule has 1 rings (SSSR count). The minimum Gasteiger partial charge on any atom is -0.348 e. The van der Waals surface area contributed by atoms with Crippen molar-refractivity contribution in [2.45, 2.75) is 0 Å². The van der Waals surface area contributed by atoms with E-state index >= 15 is 0 Å². The first-order chi connectivity index (χ1) is 6.66. The number of benzene rings is 1. The van der Waals surface area contributed by atoms with Crippen LogP contribution in [0.1, 0.15) is 10.4 Å². The highest BCUT2D eigenvalue weighted by molar-refractivity contribution is 6.33. The molecule has 0 aliphatic carbocycles. The Kier molecular flexibility index (Phi) is 3.65. The van der Waals surface area contributed by atoms with E-state index < -0.39 is 11.7 Å². The predicted molar refractivity (Wildman–Crippen MR) is 53.9 cm³/mol. The van der Waals surface area contributed by atoms with Gasteiger partial charge >= 0.3 is 0 Å². The van der Waals surface area contributed by atoms with Crippen molar-refractivity contribution in [3.8, 4) is 0 Å². The first-order valence-corrected chi connectivity index (χ1v) is 4.37. The van der Waals surface area contributed by atoms with Gasteiger partial charge in [0, 0.05) is 6.54 Å². The molecule has 4 heteroatoms. The number of carbonyl (C=O) groups is 1. The molecule has 0 unspecified atom stereocenters. The van der Waals surface area contributed by atoms with E-state index in [0.29, 0.717) is 0 Å². The Hall–Kier alpha value is -1.35. The van der Waals surface area contributed by atoms with Crippen LogP contribution >= 0.6 is 11.6 Å². The van der Waals surface area contributed by atoms with E-state index in [-0.39, 0.29) is 17.1 Å². The van der Waals surface area contributed by atoms with Gasteiger partial charge in [0.2, 0.25) is 0 Å². The minimum atomic E-state index is -0.626. The molecule has 0 radical (unpaired) electrons. The molecule has 0 fully saturated rings. The quantitative estimate of drug-likeness (QED) is 0.768. The second-order valence-electron chi connectivity index (χ2n) is 2.60. The van der Waals surface area contributed by atoms with Crippen LogP contribution in [-0.4, -0.2) is 12.5 Å². The maximum atomic E-state index is 13.2. The summed E-state index contributed by atoms with van der Waals surface area (Å²) in [4.78, 5) is 11.4. The second kappa shape index (κ2) is 4.77. The van der Waals surface area contributed by atoms with Gasteiger partial charge < -0.3 is 5.32 Å². The molecule has 1 aromatic carbocycles. The van der Waals surface area contributed by atoms with Crippen molar-refractivity contribution in [1.82, 2.24) is 5.32 Å². The highest BCUT2D eigenvalue weighted by Crippen LogP contribution is 2.18. The van der Waals surface area contributed by atoms with Crippen LogP contribution in [0.5, 0.6) is 0 Å². The molecule has 14 heavy (non-hydrogen) atoms. The molecule has 0 saturated carbocycles. The van der Waals surface area contributed by atoms with E-state index in [1.807, 2.05) is 0 Å². The minimum absolute atomic E-state index is 0.103. The van der Waals surface area contributed by atoms with Crippen molar-refractivity contribution >= 4 is 17.5 Å². The molecule has 0 aliphatic rings. The highest BCUT2D eigenvalue weighted by Gasteiger charge is 2.14. The van der Waals surface area contributed by atoms with E-state index in [1.54, 1.807) is 0 Å². The van der Waals surface area contributed by atoms with E-state index in [0.717, 1.165) is 0 Å². The van der Waals surface area contributed by atoms with Crippen LogP contribution in [0.3, 0.4) is 0 Å². The zero-order chi connectivity index (χ0) is 10.6. The lowest BCUT2D eigenvalue weighted by Gasteiger charge is -2.05. The summed E-state index contributed by atoms with van der Waals surface area (Å²) in [5.41, 5.74) is -0.129. The zero-order valence-electron chi connectivity index (χ0n) is 7.39. The maximum Gasteiger partial charge on any atom is 0.256 e. The smallest absolute Gasteiger partial charge is 0.256 e. The van der Waals surface area contributed by atoms with E-state index in [9.17, 15) is 9.18 Å². The van der Waals surface area contributed by atoms with Crippen molar-refractivity contribution in [3.05, 3.63) is 47.3 Å². The summed E-state index contributed by atoms with van der Waals surface area (Å²) in [5, 5.41) is 2.55. The molecule has 0 spiro atoms. The molecule has 0 aliphatic heterocycles. The Balaban J connectivity index is 2.94. The van der Waals surface area contributed by atoms with Crippen molar-refractivity contribution in [2.75, 3.05) is 6.54 Å². The summed E-state index contributed by atoms with van der Waals surface area (Å²) in [6.45, 7) is 3.71. The van der Waals surface area contributed by atoms with E-state index in [4.69, 9.17) is 11.6 Å². The third kappa shape index (κ3) is 2.33. The number of hydrogen-bond acceptors (Lipinski definition) is 1. The van der Waals surface area contributed by atoms with Crippen LogP contribution in [-0.2, 0) is 0 Å². The lowest BCUT2D eigenvalue weighted by Crippen LogP contribution is -2.24. The molecule has 74 valence electrons. The molecule has 0 saturated heterocycles. The van der Waals surface area contributed by atoms with Crippen molar-refractivity contribution in [3.63, 3.8) is 0 Å². The number of nitrogens with one attached hydrogen (secondary N) is 1. The third-order valence-corrected chi connectivity index (χ3v) is 1.91. The van der Waals surface area contributed by atoms with Crippen molar-refractivity contribution < 1.29 is 9.18 Å². The average Bonchev–Trinajstić information content (AvgIpc) is 2.14. The Morgan fingerprint density at radius 2 is 2.36 bits per heavy atom. The molecular formula is C10H9ClFNO. The summed E-state index contributed by atoms with van der Waals surface area (Å²) in [5.74, 6) is -1.16. The van der Waals surface area contributed by atoms with Gasteiger partial charge in [-0.2, -0.15) is 0 Å². The number of carbonyl (C=O) groups excluding carboxylic acids is 1. The third-order valence-electron chi connectivity index (χ3n) is 1.60. The Morgan fingerprint density at radius 3 is 2.93 bits per heavy atom. The molecule has 0 atom stereocenters. The van der Waals surface area contributed by atoms with Gasteiger partial charge in [-0.1, -0.05) is 23.7 Å². The van der Waals surface area contributed by atoms with E-state index in [2.05, 4.69) is 11.9 Å². The van der Waals surface area contributed by atoms with Gasteiger partial charge in [0.05, 0.1) is 10.6 Å². The average molecular weight is 214 g/mol. The van der Waals surface area contributed by atoms with Gasteiger partial charge in [-0.05, 0) is 12.1 Å². The molecule has 1 N–H and O–H groups in total. The molecule has 2 nitrogen and oxygen atoms in total. The topological polar surface area (TPSA) is 29.1 Å². The van der Waals surface area contributed by atoms with Crippen LogP contribution in [0, 0.1) is 5.82 Å². The van der Waals surface area contributed by atoms with Gasteiger partial charge in [0.1, 0.15) is 5.82 Å². The van der Waals surface area contributed by atoms with E-state index in [1.165, 1.54) is 24.3 Å². The Bertz CT molecular complexity index is 345. The Morgan fingerprint density at radius 1 is 1.64 bits per heavy atom. The summed E-state index contributed by atoms with van der Waals surface area (Å²) >= 11 is 5.68. The molecular weight excluding hydrogens is 205 g/mol. The van der Waals surface area contributed by atoms with Crippen LogP contribution in [0.4, 0.5) is 4.39 Å². The van der Waals surface area contributed by atoms with Crippen molar-refractivity contribution in [1.29, 1.82) is 0 Å². The van der Waals surface area contributed by atoms with Gasteiger partial charge in [-0.3, -0.25) is 4.79 Å². The molecule has 0 bridgehead atoms. The van der Waals surface area contributed by atoms with Crippen molar-refractivity contribution in [2.24, 2.45) is 0 Å². The van der Waals surface area contributed by atoms with Gasteiger partial charge in [0.25, 0.3) is 5.91 Å². The summed E-state index contributed by atoms with van der Waals surface area (Å²) in [7, 11) is 0. The highest BCUT2D eigenvalue weighted by atomic mass is 35.5. The molecule has 1 aromatic rings. The largest absolute Gasteiger partial charge is 0.348 e. The van der Waals surface area contributed by atoms with Gasteiger partial charge in [-0.15, -0.1) is 6.58 Å². The van der Waals surface area contributed by atoms with Gasteiger partial charge in [-0.25, -0.2) is 4.39 Å². The maximum absolute atomic E-state index is 13.2. The first-order valence-electron chi connectivity index (χ1n) is 4.00. The molecule has 1 amide bonds. The first kappa shape index (κ1) is 10.7. The van der Waals surface area contributed by atoms with Gasteiger partial charge in [0.15, 0.2) is 0 Å². The summed E-state index contributed by atoms with van der Waals surface area (Å²) < 4.78 is 13.2. The normalized spacial score (nSPS) is 9.57. The number of amides is 1. The summed E-state index contributed by atoms with van der Waals surface area (Å²) in [6, 6.07) is 4.10. The molecule has 0 heterocycles. The fourth-order valence-corrected chi connectivity index (χ4v) is 1.22. The number of hydrogen-bond donors (Lipinski definition) is 1. The second-order valence-corrected chi connectivity index (χ2v) is 3.00. The fourth-order valence-electron chi connectivity index (χ4n) is 0.968. The van der Waals surface area contributed by atoms with Crippen LogP contribution in [0.15, 0.2) is 30.9 Å². The number of halogens is 2. The zero-order valence-corrected chi connectivity index (χ0v) is 8.14. The van der Waals surface area contributed by atoms with Crippen LogP contribution in [0.25, 0.3) is 0 Å². The molecule has 0 aromatic heterocycles. The van der Waals surface area contributed by atoms with Crippen LogP contribution in [0.2, 0.25) is 5.02 Å². The number of rotatable bonds is 3. The lowest BCUT2D eigenvalue weighted by atomic mass is 10.2. The SMILES string of the molecule is C=CCNC(=O)c1c(F)cccc1Cl. The van der Waals surface area contributed by atoms with Crippen LogP contribution < -0.4 is 5.32 Å². The standard InChI is InChI=1S/C10H9ClFNO/c1-2-6-13-10(14)9-7(11)4-3-5-8(9)12/h2-5H,1,6H2,(H,13,14). The fraction of sp³-hybridized carbons (Fsp3) is 0.100.